The fourth-order valence-electron chi connectivity index (χ4n) is 3.31. The Labute approximate surface area is 119 Å². The maximum atomic E-state index is 12.4. The number of hydrogen-bond donors (Lipinski definition) is 0. The topological polar surface area (TPSA) is 47.4 Å². The molecule has 1 amide bonds. The lowest BCUT2D eigenvalue weighted by Gasteiger charge is -2.35. The van der Waals surface area contributed by atoms with Crippen LogP contribution in [0.25, 0.3) is 0 Å². The normalized spacial score (nSPS) is 26.9. The molecule has 2 saturated heterocycles. The van der Waals surface area contributed by atoms with Gasteiger partial charge in [-0.3, -0.25) is 4.79 Å². The third kappa shape index (κ3) is 2.59. The van der Waals surface area contributed by atoms with Crippen molar-refractivity contribution in [3.63, 3.8) is 0 Å². The largest absolute Gasteiger partial charge is 0.368 e. The second kappa shape index (κ2) is 5.95. The molecule has 0 aromatic carbocycles. The van der Waals surface area contributed by atoms with Crippen LogP contribution in [0.1, 0.15) is 44.5 Å². The molecule has 3 heterocycles. The number of carbonyl (C=O) groups is 1. The molecule has 2 aliphatic rings. The molecule has 0 bridgehead atoms. The van der Waals surface area contributed by atoms with E-state index in [0.717, 1.165) is 57.6 Å². The van der Waals surface area contributed by atoms with Crippen molar-refractivity contribution in [3.8, 4) is 0 Å². The number of likely N-dealkylation sites (tertiary alicyclic amines) is 1. The predicted molar refractivity (Wildman–Crippen MR) is 75.4 cm³/mol. The van der Waals surface area contributed by atoms with Gasteiger partial charge in [-0.25, -0.2) is 4.98 Å². The molecule has 2 fully saturated rings. The van der Waals surface area contributed by atoms with E-state index in [1.165, 1.54) is 0 Å². The fourth-order valence-corrected chi connectivity index (χ4v) is 3.31. The lowest BCUT2D eigenvalue weighted by molar-refractivity contribution is -0.142. The number of nitrogens with zero attached hydrogens (tertiary/aromatic N) is 3. The first-order chi connectivity index (χ1) is 9.79. The van der Waals surface area contributed by atoms with Crippen LogP contribution in [0.3, 0.4) is 0 Å². The zero-order chi connectivity index (χ0) is 13.9. The smallest absolute Gasteiger partial charge is 0.251 e. The number of aromatic nitrogens is 2. The van der Waals surface area contributed by atoms with E-state index in [4.69, 9.17) is 4.74 Å². The zero-order valence-corrected chi connectivity index (χ0v) is 12.1. The molecule has 20 heavy (non-hydrogen) atoms. The highest BCUT2D eigenvalue weighted by atomic mass is 16.5. The number of carbonyl (C=O) groups excluding carboxylic acids is 1. The third-order valence-electron chi connectivity index (χ3n) is 4.37. The summed E-state index contributed by atoms with van der Waals surface area (Å²) < 4.78 is 7.77. The first kappa shape index (κ1) is 13.6. The minimum atomic E-state index is -0.192. The molecule has 0 N–H and O–H groups in total. The second-order valence-corrected chi connectivity index (χ2v) is 5.69. The second-order valence-electron chi connectivity index (χ2n) is 5.69. The average Bonchev–Trinajstić information content (AvgIpc) is 3.17. The highest BCUT2D eigenvalue weighted by Gasteiger charge is 2.32. The van der Waals surface area contributed by atoms with Crippen LogP contribution in [0, 0.1) is 0 Å². The third-order valence-corrected chi connectivity index (χ3v) is 4.37. The van der Waals surface area contributed by atoms with Gasteiger partial charge in [-0.2, -0.15) is 0 Å². The molecule has 2 atom stereocenters. The molecule has 2 unspecified atom stereocenters. The Hall–Kier alpha value is -1.36. The van der Waals surface area contributed by atoms with Crippen molar-refractivity contribution in [1.29, 1.82) is 0 Å². The molecule has 3 rings (SSSR count). The molecule has 0 saturated carbocycles. The number of amides is 1. The van der Waals surface area contributed by atoms with Gasteiger partial charge >= 0.3 is 0 Å². The van der Waals surface area contributed by atoms with E-state index in [1.807, 2.05) is 17.3 Å². The van der Waals surface area contributed by atoms with Crippen molar-refractivity contribution in [2.45, 2.75) is 51.2 Å². The van der Waals surface area contributed by atoms with Gasteiger partial charge in [0, 0.05) is 38.5 Å². The molecule has 5 heteroatoms. The van der Waals surface area contributed by atoms with Crippen LogP contribution in [0.5, 0.6) is 0 Å². The van der Waals surface area contributed by atoms with E-state index in [1.54, 1.807) is 0 Å². The molecule has 5 nitrogen and oxygen atoms in total. The first-order valence-corrected chi connectivity index (χ1v) is 7.71. The Balaban J connectivity index is 1.68. The van der Waals surface area contributed by atoms with E-state index in [-0.39, 0.29) is 12.0 Å². The number of aryl methyl sites for hydroxylation is 1. The molecule has 1 aromatic rings. The van der Waals surface area contributed by atoms with Crippen molar-refractivity contribution < 1.29 is 9.53 Å². The summed E-state index contributed by atoms with van der Waals surface area (Å²) in [6.45, 7) is 4.51. The molecule has 110 valence electrons. The minimum Gasteiger partial charge on any atom is -0.368 e. The molecule has 2 aliphatic heterocycles. The first-order valence-electron chi connectivity index (χ1n) is 7.71. The van der Waals surface area contributed by atoms with Gasteiger partial charge in [-0.1, -0.05) is 6.92 Å². The van der Waals surface area contributed by atoms with E-state index >= 15 is 0 Å². The van der Waals surface area contributed by atoms with Crippen molar-refractivity contribution in [2.75, 3.05) is 19.7 Å². The molecule has 0 spiro atoms. The minimum absolute atomic E-state index is 0.186. The maximum absolute atomic E-state index is 12.4. The Kier molecular flexibility index (Phi) is 4.05. The lowest BCUT2D eigenvalue weighted by atomic mass is 10.0. The summed E-state index contributed by atoms with van der Waals surface area (Å²) in [5.74, 6) is 1.30. The average molecular weight is 277 g/mol. The van der Waals surface area contributed by atoms with E-state index in [2.05, 4.69) is 16.5 Å². The lowest BCUT2D eigenvalue weighted by Crippen LogP contribution is -2.45. The van der Waals surface area contributed by atoms with Gasteiger partial charge in [0.2, 0.25) is 0 Å². The van der Waals surface area contributed by atoms with Crippen molar-refractivity contribution >= 4 is 5.91 Å². The zero-order valence-electron chi connectivity index (χ0n) is 12.1. The van der Waals surface area contributed by atoms with Gasteiger partial charge < -0.3 is 14.2 Å². The van der Waals surface area contributed by atoms with Crippen LogP contribution in [0.2, 0.25) is 0 Å². The van der Waals surface area contributed by atoms with Gasteiger partial charge in [0.1, 0.15) is 11.9 Å². The predicted octanol–water partition coefficient (Wildman–Crippen LogP) is 1.79. The van der Waals surface area contributed by atoms with E-state index in [9.17, 15) is 4.79 Å². The van der Waals surface area contributed by atoms with Crippen molar-refractivity contribution in [3.05, 3.63) is 18.2 Å². The number of ether oxygens (including phenoxy) is 1. The highest BCUT2D eigenvalue weighted by molar-refractivity contribution is 5.81. The SMILES string of the molecule is CCc1nccn1C1CCCN(C(=O)C2CCCO2)C1. The molecular weight excluding hydrogens is 254 g/mol. The van der Waals surface area contributed by atoms with Crippen LogP contribution in [-0.2, 0) is 16.0 Å². The number of hydrogen-bond acceptors (Lipinski definition) is 3. The van der Waals surface area contributed by atoms with Crippen LogP contribution < -0.4 is 0 Å². The number of piperidine rings is 1. The molecule has 0 radical (unpaired) electrons. The summed E-state index contributed by atoms with van der Waals surface area (Å²) >= 11 is 0. The van der Waals surface area contributed by atoms with Gasteiger partial charge in [0.25, 0.3) is 5.91 Å². The number of imidazole rings is 1. The van der Waals surface area contributed by atoms with Gasteiger partial charge in [-0.05, 0) is 25.7 Å². The Morgan fingerprint density at radius 2 is 2.35 bits per heavy atom. The Morgan fingerprint density at radius 3 is 3.10 bits per heavy atom. The molecule has 1 aromatic heterocycles. The Morgan fingerprint density at radius 1 is 1.45 bits per heavy atom. The number of rotatable bonds is 3. The van der Waals surface area contributed by atoms with Crippen LogP contribution in [0.15, 0.2) is 12.4 Å². The fraction of sp³-hybridized carbons (Fsp3) is 0.733. The van der Waals surface area contributed by atoms with Crippen molar-refractivity contribution in [2.24, 2.45) is 0 Å². The summed E-state index contributed by atoms with van der Waals surface area (Å²) in [6, 6.07) is 0.367. The van der Waals surface area contributed by atoms with E-state index in [0.29, 0.717) is 6.04 Å². The van der Waals surface area contributed by atoms with E-state index < -0.39 is 0 Å². The summed E-state index contributed by atoms with van der Waals surface area (Å²) in [7, 11) is 0. The van der Waals surface area contributed by atoms with Crippen LogP contribution >= 0.6 is 0 Å². The van der Waals surface area contributed by atoms with Gasteiger partial charge in [0.15, 0.2) is 0 Å². The standard InChI is InChI=1S/C15H23N3O2/c1-2-14-16-7-9-18(14)12-5-3-8-17(11-12)15(19)13-6-4-10-20-13/h7,9,12-13H,2-6,8,10-11H2,1H3. The Bertz CT molecular complexity index is 465. The molecule has 0 aliphatic carbocycles. The summed E-state index contributed by atoms with van der Waals surface area (Å²) in [6.07, 6.45) is 8.72. The maximum Gasteiger partial charge on any atom is 0.251 e. The highest BCUT2D eigenvalue weighted by Crippen LogP contribution is 2.25. The van der Waals surface area contributed by atoms with Gasteiger partial charge in [-0.15, -0.1) is 0 Å². The quantitative estimate of drug-likeness (QED) is 0.846. The summed E-state index contributed by atoms with van der Waals surface area (Å²) in [4.78, 5) is 18.8. The van der Waals surface area contributed by atoms with Crippen LogP contribution in [-0.4, -0.2) is 46.2 Å². The monoisotopic (exact) mass is 277 g/mol. The van der Waals surface area contributed by atoms with Crippen molar-refractivity contribution in [1.82, 2.24) is 14.5 Å². The molecular formula is C15H23N3O2. The summed E-state index contributed by atoms with van der Waals surface area (Å²) in [5.41, 5.74) is 0. The van der Waals surface area contributed by atoms with Gasteiger partial charge in [0.05, 0.1) is 6.04 Å². The van der Waals surface area contributed by atoms with Crippen LogP contribution in [0.4, 0.5) is 0 Å². The summed E-state index contributed by atoms with van der Waals surface area (Å²) in [5, 5.41) is 0.